The average molecular weight is 862 g/mol. The molecule has 0 amide bonds. The van der Waals surface area contributed by atoms with E-state index in [1.54, 1.807) is 7.05 Å². The molecular formula is C50H88NO8P. The summed E-state index contributed by atoms with van der Waals surface area (Å²) in [4.78, 5) is 35.2. The number of carbonyl (C=O) groups is 2. The van der Waals surface area contributed by atoms with Crippen molar-refractivity contribution >= 4 is 19.8 Å². The first kappa shape index (κ1) is 57.4. The molecule has 0 rings (SSSR count). The smallest absolute Gasteiger partial charge is 0.462 e. The molecule has 0 radical (unpaired) electrons. The van der Waals surface area contributed by atoms with Crippen molar-refractivity contribution in [3.05, 3.63) is 72.9 Å². The molecule has 0 spiro atoms. The highest BCUT2D eigenvalue weighted by atomic mass is 31.2. The zero-order valence-corrected chi connectivity index (χ0v) is 39.3. The lowest BCUT2D eigenvalue weighted by atomic mass is 10.1. The molecule has 2 unspecified atom stereocenters. The van der Waals surface area contributed by atoms with E-state index >= 15 is 0 Å². The Hall–Kier alpha value is -2.55. The SMILES string of the molecule is CCCCC/C=C\C/C=C\C/C=C\C/C=C\CCCCCC(=O)OC(COC(=O)CCCCCCCCCCC/C=C\C/C=C\CCCCC)COP(=O)(O)OCCNC. The van der Waals surface area contributed by atoms with Crippen molar-refractivity contribution in [1.82, 2.24) is 5.32 Å². The molecule has 0 heterocycles. The van der Waals surface area contributed by atoms with Crippen LogP contribution in [0.25, 0.3) is 0 Å². The fraction of sp³-hybridized carbons (Fsp3) is 0.720. The van der Waals surface area contributed by atoms with Crippen molar-refractivity contribution in [1.29, 1.82) is 0 Å². The third-order valence-corrected chi connectivity index (χ3v) is 10.8. The Morgan fingerprint density at radius 2 is 0.900 bits per heavy atom. The summed E-state index contributed by atoms with van der Waals surface area (Å²) in [5, 5.41) is 2.82. The van der Waals surface area contributed by atoms with Crippen molar-refractivity contribution < 1.29 is 37.6 Å². The number of unbranched alkanes of at least 4 members (excludes halogenated alkanes) is 18. The number of allylic oxidation sites excluding steroid dienone is 12. The number of esters is 2. The number of ether oxygens (including phenoxy) is 2. The molecule has 2 atom stereocenters. The Kier molecular flexibility index (Phi) is 44.0. The van der Waals surface area contributed by atoms with Gasteiger partial charge in [-0.2, -0.15) is 0 Å². The Balaban J connectivity index is 4.25. The second kappa shape index (κ2) is 46.0. The van der Waals surface area contributed by atoms with Crippen molar-refractivity contribution in [2.24, 2.45) is 0 Å². The molecule has 0 fully saturated rings. The number of carbonyl (C=O) groups excluding carboxylic acids is 2. The second-order valence-corrected chi connectivity index (χ2v) is 17.0. The highest BCUT2D eigenvalue weighted by molar-refractivity contribution is 7.47. The number of rotatable bonds is 44. The van der Waals surface area contributed by atoms with E-state index in [1.807, 2.05) is 0 Å². The van der Waals surface area contributed by atoms with Crippen LogP contribution in [0.2, 0.25) is 0 Å². The van der Waals surface area contributed by atoms with Crippen LogP contribution in [-0.2, 0) is 32.7 Å². The number of nitrogens with one attached hydrogen (secondary N) is 1. The predicted octanol–water partition coefficient (Wildman–Crippen LogP) is 14.1. The molecule has 0 aromatic carbocycles. The molecule has 0 aromatic heterocycles. The molecule has 2 N–H and O–H groups in total. The fourth-order valence-electron chi connectivity index (χ4n) is 6.15. The number of phosphoric acid groups is 1. The van der Waals surface area contributed by atoms with Crippen molar-refractivity contribution in [3.63, 3.8) is 0 Å². The molecule has 0 aliphatic carbocycles. The van der Waals surface area contributed by atoms with Crippen molar-refractivity contribution in [2.45, 2.75) is 200 Å². The normalized spacial score (nSPS) is 13.9. The molecule has 346 valence electrons. The first-order chi connectivity index (χ1) is 29.3. The number of hydrogen-bond donors (Lipinski definition) is 2. The zero-order valence-electron chi connectivity index (χ0n) is 38.4. The summed E-state index contributed by atoms with van der Waals surface area (Å²) in [7, 11) is -2.67. The molecule has 0 saturated heterocycles. The maximum atomic E-state index is 12.7. The third kappa shape index (κ3) is 45.0. The van der Waals surface area contributed by atoms with Crippen LogP contribution >= 0.6 is 7.82 Å². The Labute approximate surface area is 367 Å². The maximum Gasteiger partial charge on any atom is 0.472 e. The topological polar surface area (TPSA) is 120 Å². The van der Waals surface area contributed by atoms with E-state index in [0.29, 0.717) is 13.0 Å². The molecule has 0 bridgehead atoms. The maximum absolute atomic E-state index is 12.7. The summed E-state index contributed by atoms with van der Waals surface area (Å²) in [5.41, 5.74) is 0. The van der Waals surface area contributed by atoms with E-state index in [1.165, 1.54) is 83.5 Å². The van der Waals surface area contributed by atoms with Gasteiger partial charge in [0.05, 0.1) is 13.2 Å². The van der Waals surface area contributed by atoms with E-state index in [9.17, 15) is 19.0 Å². The quantitative estimate of drug-likeness (QED) is 0.0267. The monoisotopic (exact) mass is 862 g/mol. The predicted molar refractivity (Wildman–Crippen MR) is 252 cm³/mol. The highest BCUT2D eigenvalue weighted by Gasteiger charge is 2.26. The molecule has 9 nitrogen and oxygen atoms in total. The summed E-state index contributed by atoms with van der Waals surface area (Å²) in [6.45, 7) is 4.13. The highest BCUT2D eigenvalue weighted by Crippen LogP contribution is 2.43. The summed E-state index contributed by atoms with van der Waals surface area (Å²) in [5.74, 6) is -0.850. The molecule has 0 aromatic rings. The van der Waals surface area contributed by atoms with Gasteiger partial charge in [0.2, 0.25) is 0 Å². The molecular weight excluding hydrogens is 774 g/mol. The number of hydrogen-bond acceptors (Lipinski definition) is 8. The van der Waals surface area contributed by atoms with Gasteiger partial charge < -0.3 is 19.7 Å². The standard InChI is InChI=1S/C50H88NO8P/c1-4-6-8-10-12-14-16-18-20-22-24-26-28-30-32-34-36-38-40-42-49(52)56-46-48(47-58-60(54,55)57-45-44-51-3)59-50(53)43-41-39-37-35-33-31-29-27-25-23-21-19-17-15-13-11-9-7-5-2/h12-15,18-21,25,27,31,33,48,51H,4-11,16-17,22-24,26,28-30,32,34-47H2,1-3H3,(H,54,55)/b14-12-,15-13-,20-18-,21-19-,27-25-,33-31-. The van der Waals surface area contributed by atoms with E-state index < -0.39 is 26.5 Å². The summed E-state index contributed by atoms with van der Waals surface area (Å²) in [6.07, 6.45) is 55.1. The first-order valence-electron chi connectivity index (χ1n) is 23.9. The van der Waals surface area contributed by atoms with Crippen LogP contribution in [0.15, 0.2) is 72.9 Å². The summed E-state index contributed by atoms with van der Waals surface area (Å²) in [6, 6.07) is 0. The Morgan fingerprint density at radius 1 is 0.517 bits per heavy atom. The van der Waals surface area contributed by atoms with Crippen LogP contribution in [0, 0.1) is 0 Å². The molecule has 0 aliphatic heterocycles. The van der Waals surface area contributed by atoms with Crippen LogP contribution < -0.4 is 5.32 Å². The van der Waals surface area contributed by atoms with Gasteiger partial charge in [0.15, 0.2) is 6.10 Å². The second-order valence-electron chi connectivity index (χ2n) is 15.6. The van der Waals surface area contributed by atoms with Crippen LogP contribution in [0.1, 0.15) is 194 Å². The van der Waals surface area contributed by atoms with Gasteiger partial charge in [0.1, 0.15) is 6.61 Å². The van der Waals surface area contributed by atoms with Gasteiger partial charge in [0, 0.05) is 19.4 Å². The largest absolute Gasteiger partial charge is 0.472 e. The van der Waals surface area contributed by atoms with E-state index in [2.05, 4.69) is 92.1 Å². The molecule has 60 heavy (non-hydrogen) atoms. The van der Waals surface area contributed by atoms with Gasteiger partial charge in [0.25, 0.3) is 0 Å². The van der Waals surface area contributed by atoms with Gasteiger partial charge in [-0.25, -0.2) is 4.57 Å². The minimum absolute atomic E-state index is 0.0274. The van der Waals surface area contributed by atoms with Crippen molar-refractivity contribution in [2.75, 3.05) is 33.4 Å². The van der Waals surface area contributed by atoms with E-state index in [4.69, 9.17) is 18.5 Å². The summed E-state index contributed by atoms with van der Waals surface area (Å²) < 4.78 is 33.2. The lowest BCUT2D eigenvalue weighted by Crippen LogP contribution is -2.29. The van der Waals surface area contributed by atoms with E-state index in [-0.39, 0.29) is 32.0 Å². The number of phosphoric ester groups is 1. The Morgan fingerprint density at radius 3 is 1.35 bits per heavy atom. The van der Waals surface area contributed by atoms with Crippen LogP contribution in [-0.4, -0.2) is 56.3 Å². The van der Waals surface area contributed by atoms with Gasteiger partial charge in [-0.15, -0.1) is 0 Å². The molecule has 0 saturated carbocycles. The van der Waals surface area contributed by atoms with Gasteiger partial charge in [-0.3, -0.25) is 18.6 Å². The van der Waals surface area contributed by atoms with Crippen LogP contribution in [0.3, 0.4) is 0 Å². The minimum atomic E-state index is -4.37. The molecule has 10 heteroatoms. The van der Waals surface area contributed by atoms with Crippen LogP contribution in [0.5, 0.6) is 0 Å². The molecule has 0 aliphatic rings. The third-order valence-electron chi connectivity index (χ3n) is 9.80. The minimum Gasteiger partial charge on any atom is -0.462 e. The fourth-order valence-corrected chi connectivity index (χ4v) is 6.91. The van der Waals surface area contributed by atoms with Gasteiger partial charge >= 0.3 is 19.8 Å². The van der Waals surface area contributed by atoms with Gasteiger partial charge in [-0.1, -0.05) is 164 Å². The zero-order chi connectivity index (χ0) is 43.9. The van der Waals surface area contributed by atoms with Gasteiger partial charge in [-0.05, 0) is 96.9 Å². The number of likely N-dealkylation sites (N-methyl/N-ethyl adjacent to an activating group) is 1. The Bertz CT molecular complexity index is 1210. The summed E-state index contributed by atoms with van der Waals surface area (Å²) >= 11 is 0. The van der Waals surface area contributed by atoms with Crippen molar-refractivity contribution in [3.8, 4) is 0 Å². The first-order valence-corrected chi connectivity index (χ1v) is 25.4. The van der Waals surface area contributed by atoms with Crippen LogP contribution in [0.4, 0.5) is 0 Å². The van der Waals surface area contributed by atoms with E-state index in [0.717, 1.165) is 77.0 Å². The lowest BCUT2D eigenvalue weighted by Gasteiger charge is -2.20. The lowest BCUT2D eigenvalue weighted by molar-refractivity contribution is -0.161. The average Bonchev–Trinajstić information content (AvgIpc) is 3.23.